The van der Waals surface area contributed by atoms with E-state index in [0.29, 0.717) is 10.8 Å². The third kappa shape index (κ3) is 4.50. The lowest BCUT2D eigenvalue weighted by atomic mass is 10.0. The number of benzene rings is 2. The van der Waals surface area contributed by atoms with Crippen LogP contribution in [0.25, 0.3) is 0 Å². The van der Waals surface area contributed by atoms with Gasteiger partial charge in [-0.25, -0.2) is 0 Å². The number of rotatable bonds is 6. The highest BCUT2D eigenvalue weighted by molar-refractivity contribution is 6.30. The van der Waals surface area contributed by atoms with Crippen molar-refractivity contribution in [3.63, 3.8) is 0 Å². The molecule has 4 heteroatoms. The van der Waals surface area contributed by atoms with Crippen molar-refractivity contribution in [2.24, 2.45) is 0 Å². The molecule has 116 valence electrons. The van der Waals surface area contributed by atoms with Gasteiger partial charge in [-0.15, -0.1) is 0 Å². The van der Waals surface area contributed by atoms with Gasteiger partial charge in [0.1, 0.15) is 5.75 Å². The van der Waals surface area contributed by atoms with Crippen molar-refractivity contribution in [3.05, 3.63) is 65.2 Å². The minimum atomic E-state index is -0.552. The van der Waals surface area contributed by atoms with Gasteiger partial charge in [-0.1, -0.05) is 48.9 Å². The number of para-hydroxylation sites is 1. The Morgan fingerprint density at radius 3 is 2.36 bits per heavy atom. The lowest BCUT2D eigenvalue weighted by Gasteiger charge is -2.21. The maximum atomic E-state index is 12.3. The van der Waals surface area contributed by atoms with Crippen LogP contribution in [-0.4, -0.2) is 12.0 Å². The van der Waals surface area contributed by atoms with Gasteiger partial charge in [-0.2, -0.15) is 0 Å². The maximum absolute atomic E-state index is 12.3. The SMILES string of the molecule is CCC(NC(=O)C(C)Oc1ccccc1)c1ccc(Cl)cc1. The Balaban J connectivity index is 1.98. The highest BCUT2D eigenvalue weighted by atomic mass is 35.5. The second-order valence-corrected chi connectivity index (χ2v) is 5.53. The van der Waals surface area contributed by atoms with E-state index < -0.39 is 6.10 Å². The second-order valence-electron chi connectivity index (χ2n) is 5.09. The van der Waals surface area contributed by atoms with Crippen LogP contribution in [0, 0.1) is 0 Å². The Labute approximate surface area is 136 Å². The summed E-state index contributed by atoms with van der Waals surface area (Å²) in [6, 6.07) is 16.8. The van der Waals surface area contributed by atoms with Gasteiger partial charge in [0.2, 0.25) is 0 Å². The minimum absolute atomic E-state index is 0.0495. The van der Waals surface area contributed by atoms with E-state index in [2.05, 4.69) is 5.32 Å². The summed E-state index contributed by atoms with van der Waals surface area (Å²) >= 11 is 5.90. The molecule has 3 nitrogen and oxygen atoms in total. The molecule has 0 aromatic heterocycles. The van der Waals surface area contributed by atoms with Gasteiger partial charge < -0.3 is 10.1 Å². The molecule has 0 saturated carbocycles. The molecule has 0 spiro atoms. The summed E-state index contributed by atoms with van der Waals surface area (Å²) in [6.07, 6.45) is 0.245. The average molecular weight is 318 g/mol. The summed E-state index contributed by atoms with van der Waals surface area (Å²) in [7, 11) is 0. The summed E-state index contributed by atoms with van der Waals surface area (Å²) in [5, 5.41) is 3.70. The number of hydrogen-bond acceptors (Lipinski definition) is 2. The van der Waals surface area contributed by atoms with Gasteiger partial charge in [0.15, 0.2) is 6.10 Å². The third-order valence-corrected chi connectivity index (χ3v) is 3.67. The molecule has 0 radical (unpaired) electrons. The van der Waals surface area contributed by atoms with Gasteiger partial charge in [0, 0.05) is 5.02 Å². The monoisotopic (exact) mass is 317 g/mol. The van der Waals surface area contributed by atoms with Crippen molar-refractivity contribution in [2.45, 2.75) is 32.4 Å². The Bertz CT molecular complexity index is 598. The molecule has 2 unspecified atom stereocenters. The van der Waals surface area contributed by atoms with Crippen molar-refractivity contribution >= 4 is 17.5 Å². The first-order chi connectivity index (χ1) is 10.6. The van der Waals surface area contributed by atoms with Crippen molar-refractivity contribution in [1.82, 2.24) is 5.32 Å². The van der Waals surface area contributed by atoms with Crippen molar-refractivity contribution in [3.8, 4) is 5.75 Å². The fourth-order valence-corrected chi connectivity index (χ4v) is 2.29. The average Bonchev–Trinajstić information content (AvgIpc) is 2.54. The molecule has 1 amide bonds. The Morgan fingerprint density at radius 2 is 1.77 bits per heavy atom. The van der Waals surface area contributed by atoms with Gasteiger partial charge in [0.25, 0.3) is 5.91 Å². The molecular weight excluding hydrogens is 298 g/mol. The van der Waals surface area contributed by atoms with E-state index in [4.69, 9.17) is 16.3 Å². The predicted octanol–water partition coefficient (Wildman–Crippen LogP) is 4.37. The van der Waals surface area contributed by atoms with E-state index in [1.54, 1.807) is 6.92 Å². The molecule has 2 atom stereocenters. The van der Waals surface area contributed by atoms with Crippen LogP contribution < -0.4 is 10.1 Å². The third-order valence-electron chi connectivity index (χ3n) is 3.42. The van der Waals surface area contributed by atoms with Crippen LogP contribution in [0.4, 0.5) is 0 Å². The second kappa shape index (κ2) is 7.85. The summed E-state index contributed by atoms with van der Waals surface area (Å²) < 4.78 is 5.64. The van der Waals surface area contributed by atoms with E-state index >= 15 is 0 Å². The number of carbonyl (C=O) groups is 1. The molecule has 2 aromatic carbocycles. The zero-order valence-electron chi connectivity index (χ0n) is 12.8. The van der Waals surface area contributed by atoms with Crippen LogP contribution >= 0.6 is 11.6 Å². The number of hydrogen-bond donors (Lipinski definition) is 1. The van der Waals surface area contributed by atoms with E-state index in [-0.39, 0.29) is 11.9 Å². The topological polar surface area (TPSA) is 38.3 Å². The minimum Gasteiger partial charge on any atom is -0.481 e. The lowest BCUT2D eigenvalue weighted by molar-refractivity contribution is -0.128. The number of carbonyl (C=O) groups excluding carboxylic acids is 1. The fraction of sp³-hybridized carbons (Fsp3) is 0.278. The molecule has 0 aliphatic rings. The molecule has 0 saturated heterocycles. The zero-order valence-corrected chi connectivity index (χ0v) is 13.5. The molecule has 22 heavy (non-hydrogen) atoms. The van der Waals surface area contributed by atoms with E-state index in [0.717, 1.165) is 12.0 Å². The molecule has 2 rings (SSSR count). The van der Waals surface area contributed by atoms with E-state index in [1.165, 1.54) is 0 Å². The first kappa shape index (κ1) is 16.4. The normalized spacial score (nSPS) is 13.2. The quantitative estimate of drug-likeness (QED) is 0.859. The molecule has 0 bridgehead atoms. The number of amides is 1. The first-order valence-corrected chi connectivity index (χ1v) is 7.75. The van der Waals surface area contributed by atoms with Crippen molar-refractivity contribution in [1.29, 1.82) is 0 Å². The number of nitrogens with one attached hydrogen (secondary N) is 1. The molecule has 2 aromatic rings. The summed E-state index contributed by atoms with van der Waals surface area (Å²) in [4.78, 5) is 12.3. The fourth-order valence-electron chi connectivity index (χ4n) is 2.16. The number of ether oxygens (including phenoxy) is 1. The van der Waals surface area contributed by atoms with Crippen molar-refractivity contribution in [2.75, 3.05) is 0 Å². The van der Waals surface area contributed by atoms with Gasteiger partial charge in [0.05, 0.1) is 6.04 Å². The molecule has 0 aliphatic carbocycles. The van der Waals surface area contributed by atoms with Crippen LogP contribution in [-0.2, 0) is 4.79 Å². The first-order valence-electron chi connectivity index (χ1n) is 7.37. The maximum Gasteiger partial charge on any atom is 0.261 e. The molecular formula is C18H20ClNO2. The molecule has 0 fully saturated rings. The Hall–Kier alpha value is -2.00. The van der Waals surface area contributed by atoms with Crippen molar-refractivity contribution < 1.29 is 9.53 Å². The van der Waals surface area contributed by atoms with Crippen LogP contribution in [0.1, 0.15) is 31.9 Å². The van der Waals surface area contributed by atoms with Crippen LogP contribution in [0.3, 0.4) is 0 Å². The molecule has 1 N–H and O–H groups in total. The van der Waals surface area contributed by atoms with E-state index in [9.17, 15) is 4.79 Å². The highest BCUT2D eigenvalue weighted by Crippen LogP contribution is 2.19. The summed E-state index contributed by atoms with van der Waals surface area (Å²) in [6.45, 7) is 3.78. The van der Waals surface area contributed by atoms with Gasteiger partial charge in [-0.3, -0.25) is 4.79 Å². The highest BCUT2D eigenvalue weighted by Gasteiger charge is 2.19. The largest absolute Gasteiger partial charge is 0.481 e. The molecule has 0 aliphatic heterocycles. The summed E-state index contributed by atoms with van der Waals surface area (Å²) in [5.74, 6) is 0.551. The van der Waals surface area contributed by atoms with Gasteiger partial charge >= 0.3 is 0 Å². The predicted molar refractivity (Wildman–Crippen MR) is 89.2 cm³/mol. The van der Waals surface area contributed by atoms with Gasteiger partial charge in [-0.05, 0) is 43.2 Å². The van der Waals surface area contributed by atoms with Crippen LogP contribution in [0.5, 0.6) is 5.75 Å². The Morgan fingerprint density at radius 1 is 1.14 bits per heavy atom. The number of halogens is 1. The molecule has 0 heterocycles. The lowest BCUT2D eigenvalue weighted by Crippen LogP contribution is -2.38. The Kier molecular flexibility index (Phi) is 5.84. The smallest absolute Gasteiger partial charge is 0.261 e. The van der Waals surface area contributed by atoms with E-state index in [1.807, 2.05) is 61.5 Å². The van der Waals surface area contributed by atoms with Crippen LogP contribution in [0.15, 0.2) is 54.6 Å². The summed E-state index contributed by atoms with van der Waals surface area (Å²) in [5.41, 5.74) is 1.03. The van der Waals surface area contributed by atoms with Crippen LogP contribution in [0.2, 0.25) is 5.02 Å². The zero-order chi connectivity index (χ0) is 15.9. The standard InChI is InChI=1S/C18H20ClNO2/c1-3-17(14-9-11-15(19)12-10-14)20-18(21)13(2)22-16-7-5-4-6-8-16/h4-13,17H,3H2,1-2H3,(H,20,21).